The van der Waals surface area contributed by atoms with Gasteiger partial charge in [-0.05, 0) is 6.42 Å². The van der Waals surface area contributed by atoms with Crippen molar-refractivity contribution in [2.75, 3.05) is 6.61 Å². The third kappa shape index (κ3) is 4.15. The number of hydrogen-bond donors (Lipinski definition) is 0. The minimum absolute atomic E-state index is 0.0294. The molecule has 0 saturated carbocycles. The van der Waals surface area contributed by atoms with Gasteiger partial charge in [-0.25, -0.2) is 0 Å². The zero-order chi connectivity index (χ0) is 10.6. The van der Waals surface area contributed by atoms with Gasteiger partial charge in [0.25, 0.3) is 0 Å². The van der Waals surface area contributed by atoms with Crippen molar-refractivity contribution in [3.8, 4) is 5.75 Å². The summed E-state index contributed by atoms with van der Waals surface area (Å²) in [6.45, 7) is 0.0607. The molecule has 0 saturated heterocycles. The van der Waals surface area contributed by atoms with E-state index in [1.54, 1.807) is 13.2 Å². The standard InChI is InChI=1S/C8H11F3N2O/c1-13-6-7(5-12-13)14-4-2-3-8(9,10)11/h5-6H,2-4H2,1H3. The third-order valence-electron chi connectivity index (χ3n) is 1.55. The number of ether oxygens (including phenoxy) is 1. The number of halogens is 3. The fraction of sp³-hybridized carbons (Fsp3) is 0.625. The Labute approximate surface area is 79.5 Å². The van der Waals surface area contributed by atoms with Crippen LogP contribution in [0.25, 0.3) is 0 Å². The molecule has 0 fully saturated rings. The van der Waals surface area contributed by atoms with Crippen LogP contribution in [0.1, 0.15) is 12.8 Å². The number of hydrogen-bond acceptors (Lipinski definition) is 2. The number of nitrogens with zero attached hydrogens (tertiary/aromatic N) is 2. The van der Waals surface area contributed by atoms with Crippen molar-refractivity contribution in [1.29, 1.82) is 0 Å². The lowest BCUT2D eigenvalue weighted by atomic mass is 10.3. The van der Waals surface area contributed by atoms with E-state index in [0.717, 1.165) is 0 Å². The molecule has 80 valence electrons. The van der Waals surface area contributed by atoms with Gasteiger partial charge in [0, 0.05) is 13.5 Å². The number of rotatable bonds is 4. The predicted octanol–water partition coefficient (Wildman–Crippen LogP) is 2.14. The van der Waals surface area contributed by atoms with Crippen LogP contribution in [-0.4, -0.2) is 22.6 Å². The molecule has 0 atom stereocenters. The van der Waals surface area contributed by atoms with Crippen LogP contribution in [0.15, 0.2) is 12.4 Å². The average molecular weight is 208 g/mol. The van der Waals surface area contributed by atoms with Gasteiger partial charge in [0.2, 0.25) is 0 Å². The Kier molecular flexibility index (Phi) is 3.38. The molecule has 0 radical (unpaired) electrons. The summed E-state index contributed by atoms with van der Waals surface area (Å²) >= 11 is 0. The van der Waals surface area contributed by atoms with E-state index < -0.39 is 12.6 Å². The fourth-order valence-corrected chi connectivity index (χ4v) is 0.936. The molecule has 0 spiro atoms. The monoisotopic (exact) mass is 208 g/mol. The Morgan fingerprint density at radius 2 is 2.21 bits per heavy atom. The van der Waals surface area contributed by atoms with Gasteiger partial charge >= 0.3 is 6.18 Å². The van der Waals surface area contributed by atoms with Crippen molar-refractivity contribution >= 4 is 0 Å². The molecule has 14 heavy (non-hydrogen) atoms. The second-order valence-corrected chi connectivity index (χ2v) is 2.92. The highest BCUT2D eigenvalue weighted by Gasteiger charge is 2.26. The highest BCUT2D eigenvalue weighted by atomic mass is 19.4. The van der Waals surface area contributed by atoms with E-state index in [0.29, 0.717) is 5.75 Å². The lowest BCUT2D eigenvalue weighted by Gasteiger charge is -2.06. The third-order valence-corrected chi connectivity index (χ3v) is 1.55. The smallest absolute Gasteiger partial charge is 0.389 e. The van der Waals surface area contributed by atoms with Gasteiger partial charge < -0.3 is 4.74 Å². The van der Waals surface area contributed by atoms with E-state index in [1.165, 1.54) is 10.9 Å². The topological polar surface area (TPSA) is 27.1 Å². The van der Waals surface area contributed by atoms with Gasteiger partial charge in [0.05, 0.1) is 19.0 Å². The summed E-state index contributed by atoms with van der Waals surface area (Å²) in [7, 11) is 1.71. The van der Waals surface area contributed by atoms with E-state index in [9.17, 15) is 13.2 Å². The van der Waals surface area contributed by atoms with Gasteiger partial charge in [-0.3, -0.25) is 4.68 Å². The number of aromatic nitrogens is 2. The molecular weight excluding hydrogens is 197 g/mol. The van der Waals surface area contributed by atoms with Gasteiger partial charge in [0.15, 0.2) is 5.75 Å². The highest BCUT2D eigenvalue weighted by molar-refractivity contribution is 5.10. The van der Waals surface area contributed by atoms with Crippen LogP contribution >= 0.6 is 0 Å². The van der Waals surface area contributed by atoms with Crippen molar-refractivity contribution < 1.29 is 17.9 Å². The molecule has 0 aliphatic carbocycles. The molecule has 0 unspecified atom stereocenters. The number of aryl methyl sites for hydroxylation is 1. The Balaban J connectivity index is 2.16. The summed E-state index contributed by atoms with van der Waals surface area (Å²) in [6, 6.07) is 0. The minimum atomic E-state index is -4.10. The lowest BCUT2D eigenvalue weighted by molar-refractivity contribution is -0.136. The molecule has 0 N–H and O–H groups in total. The summed E-state index contributed by atoms with van der Waals surface area (Å²) in [6.07, 6.45) is -1.87. The summed E-state index contributed by atoms with van der Waals surface area (Å²) in [5.41, 5.74) is 0. The zero-order valence-corrected chi connectivity index (χ0v) is 7.71. The van der Waals surface area contributed by atoms with Gasteiger partial charge in [0.1, 0.15) is 0 Å². The SMILES string of the molecule is Cn1cc(OCCCC(F)(F)F)cn1. The van der Waals surface area contributed by atoms with Gasteiger partial charge in [-0.2, -0.15) is 18.3 Å². The molecular formula is C8H11F3N2O. The lowest BCUT2D eigenvalue weighted by Crippen LogP contribution is -2.09. The predicted molar refractivity (Wildman–Crippen MR) is 44.0 cm³/mol. The molecule has 1 aromatic heterocycles. The Morgan fingerprint density at radius 3 is 2.71 bits per heavy atom. The van der Waals surface area contributed by atoms with E-state index in [4.69, 9.17) is 4.74 Å². The summed E-state index contributed by atoms with van der Waals surface area (Å²) in [5.74, 6) is 0.495. The first-order chi connectivity index (χ1) is 6.47. The van der Waals surface area contributed by atoms with Crippen molar-refractivity contribution in [2.24, 2.45) is 7.05 Å². The first kappa shape index (κ1) is 10.9. The second-order valence-electron chi connectivity index (χ2n) is 2.92. The largest absolute Gasteiger partial charge is 0.490 e. The normalized spacial score (nSPS) is 11.7. The molecule has 1 heterocycles. The van der Waals surface area contributed by atoms with Crippen molar-refractivity contribution in [1.82, 2.24) is 9.78 Å². The van der Waals surface area contributed by atoms with Crippen LogP contribution in [0.2, 0.25) is 0 Å². The molecule has 1 aromatic rings. The minimum Gasteiger partial charge on any atom is -0.490 e. The molecule has 1 rings (SSSR count). The van der Waals surface area contributed by atoms with Gasteiger partial charge in [-0.15, -0.1) is 0 Å². The average Bonchev–Trinajstić information content (AvgIpc) is 2.44. The maximum absolute atomic E-state index is 11.7. The van der Waals surface area contributed by atoms with Crippen LogP contribution < -0.4 is 4.74 Å². The fourth-order valence-electron chi connectivity index (χ4n) is 0.936. The van der Waals surface area contributed by atoms with Gasteiger partial charge in [-0.1, -0.05) is 0 Å². The number of alkyl halides is 3. The molecule has 0 aromatic carbocycles. The van der Waals surface area contributed by atoms with E-state index >= 15 is 0 Å². The van der Waals surface area contributed by atoms with Crippen LogP contribution in [0.3, 0.4) is 0 Å². The molecule has 6 heteroatoms. The Morgan fingerprint density at radius 1 is 1.50 bits per heavy atom. The summed E-state index contributed by atoms with van der Waals surface area (Å²) in [4.78, 5) is 0. The molecule has 0 aliphatic heterocycles. The van der Waals surface area contributed by atoms with Crippen LogP contribution in [0, 0.1) is 0 Å². The second kappa shape index (κ2) is 4.34. The summed E-state index contributed by atoms with van der Waals surface area (Å²) in [5, 5.41) is 3.81. The van der Waals surface area contributed by atoms with Crippen LogP contribution in [-0.2, 0) is 7.05 Å². The van der Waals surface area contributed by atoms with Crippen LogP contribution in [0.4, 0.5) is 13.2 Å². The molecule has 0 aliphatic rings. The molecule has 3 nitrogen and oxygen atoms in total. The Bertz CT molecular complexity index is 282. The van der Waals surface area contributed by atoms with Crippen molar-refractivity contribution in [2.45, 2.75) is 19.0 Å². The van der Waals surface area contributed by atoms with Crippen LogP contribution in [0.5, 0.6) is 5.75 Å². The summed E-state index contributed by atoms with van der Waals surface area (Å²) < 4.78 is 41.7. The quantitative estimate of drug-likeness (QED) is 0.709. The van der Waals surface area contributed by atoms with E-state index in [2.05, 4.69) is 5.10 Å². The van der Waals surface area contributed by atoms with E-state index in [1.807, 2.05) is 0 Å². The first-order valence-electron chi connectivity index (χ1n) is 4.15. The maximum Gasteiger partial charge on any atom is 0.389 e. The Hall–Kier alpha value is -1.20. The van der Waals surface area contributed by atoms with Crippen molar-refractivity contribution in [3.05, 3.63) is 12.4 Å². The van der Waals surface area contributed by atoms with E-state index in [-0.39, 0.29) is 13.0 Å². The zero-order valence-electron chi connectivity index (χ0n) is 7.71. The first-order valence-corrected chi connectivity index (χ1v) is 4.15. The molecule has 0 bridgehead atoms. The maximum atomic E-state index is 11.7. The molecule has 0 amide bonds. The highest BCUT2D eigenvalue weighted by Crippen LogP contribution is 2.21. The van der Waals surface area contributed by atoms with Crippen molar-refractivity contribution in [3.63, 3.8) is 0 Å².